The van der Waals surface area contributed by atoms with Crippen LogP contribution in [0, 0.1) is 0 Å². The number of hydrogen-bond donors (Lipinski definition) is 1. The van der Waals surface area contributed by atoms with Crippen molar-refractivity contribution < 1.29 is 21.6 Å². The molecule has 1 N–H and O–H groups in total. The summed E-state index contributed by atoms with van der Waals surface area (Å²) in [6.45, 7) is 3.07. The molecule has 5 nitrogen and oxygen atoms in total. The highest BCUT2D eigenvalue weighted by Gasteiger charge is 2.33. The average molecular weight is 285 g/mol. The van der Waals surface area contributed by atoms with Crippen molar-refractivity contribution >= 4 is 10.0 Å². The molecule has 0 aromatic carbocycles. The van der Waals surface area contributed by atoms with Gasteiger partial charge in [0.1, 0.15) is 0 Å². The summed E-state index contributed by atoms with van der Waals surface area (Å²) in [6.07, 6.45) is -3.32. The number of alkyl halides is 3. The first-order chi connectivity index (χ1) is 8.13. The minimum atomic E-state index is -4.48. The van der Waals surface area contributed by atoms with E-state index in [0.717, 1.165) is 16.9 Å². The third kappa shape index (κ3) is 3.98. The molecule has 1 aromatic heterocycles. The Labute approximate surface area is 103 Å². The maximum atomic E-state index is 12.2. The molecule has 0 aliphatic heterocycles. The van der Waals surface area contributed by atoms with E-state index in [1.54, 1.807) is 0 Å². The molecule has 18 heavy (non-hydrogen) atoms. The lowest BCUT2D eigenvalue weighted by molar-refractivity contribution is -0.141. The summed E-state index contributed by atoms with van der Waals surface area (Å²) in [7, 11) is -3.40. The van der Waals surface area contributed by atoms with E-state index >= 15 is 0 Å². The van der Waals surface area contributed by atoms with E-state index in [1.165, 1.54) is 13.8 Å². The van der Waals surface area contributed by atoms with Gasteiger partial charge in [0, 0.05) is 12.7 Å². The summed E-state index contributed by atoms with van der Waals surface area (Å²) in [6, 6.07) is 0.844. The van der Waals surface area contributed by atoms with Gasteiger partial charge in [-0.2, -0.15) is 18.3 Å². The van der Waals surface area contributed by atoms with E-state index < -0.39 is 27.1 Å². The third-order valence-electron chi connectivity index (χ3n) is 2.20. The van der Waals surface area contributed by atoms with Crippen molar-refractivity contribution in [1.29, 1.82) is 0 Å². The molecule has 0 radical (unpaired) electrons. The summed E-state index contributed by atoms with van der Waals surface area (Å²) < 4.78 is 62.8. The summed E-state index contributed by atoms with van der Waals surface area (Å²) in [4.78, 5) is 0. The maximum Gasteiger partial charge on any atom is 0.435 e. The van der Waals surface area contributed by atoms with Crippen molar-refractivity contribution in [3.05, 3.63) is 18.0 Å². The van der Waals surface area contributed by atoms with E-state index in [0.29, 0.717) is 0 Å². The van der Waals surface area contributed by atoms with E-state index in [2.05, 4.69) is 9.82 Å². The lowest BCUT2D eigenvalue weighted by atomic mass is 10.4. The summed E-state index contributed by atoms with van der Waals surface area (Å²) in [5.41, 5.74) is -0.991. The number of rotatable bonds is 5. The molecule has 9 heteroatoms. The van der Waals surface area contributed by atoms with E-state index in [-0.39, 0.29) is 13.1 Å². The second-order valence-corrected chi connectivity index (χ2v) is 6.27. The van der Waals surface area contributed by atoms with Crippen LogP contribution >= 0.6 is 0 Å². The predicted octanol–water partition coefficient (Wildman–Crippen LogP) is 1.23. The van der Waals surface area contributed by atoms with Gasteiger partial charge in [-0.15, -0.1) is 0 Å². The molecule has 0 aliphatic rings. The van der Waals surface area contributed by atoms with Gasteiger partial charge >= 0.3 is 6.18 Å². The highest BCUT2D eigenvalue weighted by Crippen LogP contribution is 2.27. The first kappa shape index (κ1) is 15.0. The fourth-order valence-corrected chi connectivity index (χ4v) is 1.82. The molecule has 0 saturated carbocycles. The zero-order chi connectivity index (χ0) is 14.0. The fourth-order valence-electron chi connectivity index (χ4n) is 1.11. The molecule has 1 rings (SSSR count). The van der Waals surface area contributed by atoms with Crippen LogP contribution in [0.4, 0.5) is 13.2 Å². The standard InChI is InChI=1S/C9H14F3N3O2S/c1-7(2)18(16,17)13-4-6-15-5-3-8(14-15)9(10,11)12/h3,5,7,13H,4,6H2,1-2H3. The second-order valence-electron chi connectivity index (χ2n) is 3.95. The quantitative estimate of drug-likeness (QED) is 0.885. The largest absolute Gasteiger partial charge is 0.435 e. The Morgan fingerprint density at radius 1 is 1.44 bits per heavy atom. The zero-order valence-corrected chi connectivity index (χ0v) is 10.7. The van der Waals surface area contributed by atoms with E-state index in [1.807, 2.05) is 0 Å². The van der Waals surface area contributed by atoms with Gasteiger partial charge in [0.25, 0.3) is 0 Å². The number of halogens is 3. The Hall–Kier alpha value is -1.09. The number of aromatic nitrogens is 2. The first-order valence-corrected chi connectivity index (χ1v) is 6.76. The molecule has 104 valence electrons. The van der Waals surface area contributed by atoms with Crippen LogP contribution in [0.3, 0.4) is 0 Å². The van der Waals surface area contributed by atoms with Gasteiger partial charge < -0.3 is 0 Å². The maximum absolute atomic E-state index is 12.2. The SMILES string of the molecule is CC(C)S(=O)(=O)NCCn1ccc(C(F)(F)F)n1. The second kappa shape index (κ2) is 5.27. The normalized spacial score (nSPS) is 13.2. The average Bonchev–Trinajstić information content (AvgIpc) is 2.65. The summed E-state index contributed by atoms with van der Waals surface area (Å²) in [5, 5.41) is 2.72. The molecular weight excluding hydrogens is 271 g/mol. The molecule has 0 saturated heterocycles. The Morgan fingerprint density at radius 2 is 2.06 bits per heavy atom. The number of nitrogens with zero attached hydrogens (tertiary/aromatic N) is 2. The van der Waals surface area contributed by atoms with Gasteiger partial charge in [0.05, 0.1) is 11.8 Å². The van der Waals surface area contributed by atoms with Gasteiger partial charge in [-0.05, 0) is 19.9 Å². The molecule has 0 fully saturated rings. The molecular formula is C9H14F3N3O2S. The van der Waals surface area contributed by atoms with Crippen LogP contribution in [-0.4, -0.2) is 30.0 Å². The minimum absolute atomic E-state index is 0.000505. The Bertz CT molecular complexity index is 493. The topological polar surface area (TPSA) is 64.0 Å². The third-order valence-corrected chi connectivity index (χ3v) is 4.04. The number of sulfonamides is 1. The molecule has 0 aliphatic carbocycles. The zero-order valence-electron chi connectivity index (χ0n) is 9.90. The van der Waals surface area contributed by atoms with Gasteiger partial charge in [0.2, 0.25) is 10.0 Å². The molecule has 1 heterocycles. The molecule has 1 aromatic rings. The van der Waals surface area contributed by atoms with E-state index in [4.69, 9.17) is 0 Å². The fraction of sp³-hybridized carbons (Fsp3) is 0.667. The molecule has 0 atom stereocenters. The Kier molecular flexibility index (Phi) is 4.38. The molecule has 0 bridgehead atoms. The number of nitrogens with one attached hydrogen (secondary N) is 1. The van der Waals surface area contributed by atoms with Crippen LogP contribution in [-0.2, 0) is 22.7 Å². The van der Waals surface area contributed by atoms with Crippen LogP contribution in [0.25, 0.3) is 0 Å². The summed E-state index contributed by atoms with van der Waals surface area (Å²) in [5.74, 6) is 0. The highest BCUT2D eigenvalue weighted by molar-refractivity contribution is 7.90. The van der Waals surface area contributed by atoms with Crippen molar-refractivity contribution in [1.82, 2.24) is 14.5 Å². The monoisotopic (exact) mass is 285 g/mol. The van der Waals surface area contributed by atoms with Crippen LogP contribution in [0.5, 0.6) is 0 Å². The first-order valence-electron chi connectivity index (χ1n) is 5.22. The van der Waals surface area contributed by atoms with Crippen LogP contribution in [0.2, 0.25) is 0 Å². The van der Waals surface area contributed by atoms with Crippen LogP contribution < -0.4 is 4.72 Å². The van der Waals surface area contributed by atoms with Gasteiger partial charge in [-0.25, -0.2) is 13.1 Å². The predicted molar refractivity (Wildman–Crippen MR) is 59.3 cm³/mol. The Balaban J connectivity index is 2.53. The smallest absolute Gasteiger partial charge is 0.271 e. The van der Waals surface area contributed by atoms with E-state index in [9.17, 15) is 21.6 Å². The van der Waals surface area contributed by atoms with Gasteiger partial charge in [-0.3, -0.25) is 4.68 Å². The van der Waals surface area contributed by atoms with Crippen molar-refractivity contribution in [2.75, 3.05) is 6.54 Å². The lowest BCUT2D eigenvalue weighted by Gasteiger charge is -2.09. The highest BCUT2D eigenvalue weighted by atomic mass is 32.2. The van der Waals surface area contributed by atoms with Crippen LogP contribution in [0.15, 0.2) is 12.3 Å². The van der Waals surface area contributed by atoms with Crippen molar-refractivity contribution in [3.63, 3.8) is 0 Å². The number of hydrogen-bond acceptors (Lipinski definition) is 3. The molecule has 0 amide bonds. The summed E-state index contributed by atoms with van der Waals surface area (Å²) >= 11 is 0. The van der Waals surface area contributed by atoms with Crippen molar-refractivity contribution in [3.8, 4) is 0 Å². The minimum Gasteiger partial charge on any atom is -0.271 e. The lowest BCUT2D eigenvalue weighted by Crippen LogP contribution is -2.33. The molecule has 0 unspecified atom stereocenters. The molecule has 0 spiro atoms. The van der Waals surface area contributed by atoms with Crippen molar-refractivity contribution in [2.45, 2.75) is 31.8 Å². The van der Waals surface area contributed by atoms with Gasteiger partial charge in [-0.1, -0.05) is 0 Å². The van der Waals surface area contributed by atoms with Crippen molar-refractivity contribution in [2.24, 2.45) is 0 Å². The van der Waals surface area contributed by atoms with Crippen LogP contribution in [0.1, 0.15) is 19.5 Å². The van der Waals surface area contributed by atoms with Gasteiger partial charge in [0.15, 0.2) is 5.69 Å². The Morgan fingerprint density at radius 3 is 2.50 bits per heavy atom.